The van der Waals surface area contributed by atoms with Crippen molar-refractivity contribution in [1.82, 2.24) is 15.1 Å². The maximum absolute atomic E-state index is 12.8. The lowest BCUT2D eigenvalue weighted by Crippen LogP contribution is -2.63. The molecule has 0 bridgehead atoms. The summed E-state index contributed by atoms with van der Waals surface area (Å²) in [6.45, 7) is 10.8. The fourth-order valence-electron chi connectivity index (χ4n) is 4.05. The molecule has 1 aromatic heterocycles. The summed E-state index contributed by atoms with van der Waals surface area (Å²) >= 11 is 0. The third-order valence-electron chi connectivity index (χ3n) is 5.05. The van der Waals surface area contributed by atoms with E-state index in [2.05, 4.69) is 24.0 Å². The number of aromatic amines is 1. The van der Waals surface area contributed by atoms with Crippen molar-refractivity contribution < 1.29 is 14.3 Å². The van der Waals surface area contributed by atoms with E-state index in [1.165, 1.54) is 0 Å². The molecule has 2 aliphatic heterocycles. The molecule has 0 aliphatic carbocycles. The van der Waals surface area contributed by atoms with Crippen molar-refractivity contribution >= 4 is 5.91 Å². The molecule has 1 amide bonds. The van der Waals surface area contributed by atoms with Crippen LogP contribution in [0.5, 0.6) is 0 Å². The zero-order chi connectivity index (χ0) is 17.4. The highest BCUT2D eigenvalue weighted by molar-refractivity contribution is 5.77. The lowest BCUT2D eigenvalue weighted by atomic mass is 9.90. The number of hydrogen-bond acceptors (Lipinski definition) is 4. The number of H-pyrrole nitrogens is 1. The van der Waals surface area contributed by atoms with Gasteiger partial charge in [0.15, 0.2) is 0 Å². The van der Waals surface area contributed by atoms with E-state index in [1.54, 1.807) is 0 Å². The van der Waals surface area contributed by atoms with Gasteiger partial charge in [-0.25, -0.2) is 0 Å². The first kappa shape index (κ1) is 17.4. The molecular formula is C18H29N3O3. The molecule has 0 radical (unpaired) electrons. The quantitative estimate of drug-likeness (QED) is 0.919. The monoisotopic (exact) mass is 335 g/mol. The molecule has 1 atom stereocenters. The Morgan fingerprint density at radius 2 is 2.12 bits per heavy atom. The minimum atomic E-state index is -0.337. The Hall–Kier alpha value is -1.40. The summed E-state index contributed by atoms with van der Waals surface area (Å²) in [4.78, 5) is 14.8. The molecular weight excluding hydrogens is 306 g/mol. The molecule has 6 heteroatoms. The standard InChI is InChI=1S/C18H29N3O3/c1-13-15(14(2)20-19-13)6-7-16(22)21-10-17(3,4)24-18(11-21)8-5-9-23-12-18/h5-12H2,1-4H3,(H,19,20). The van der Waals surface area contributed by atoms with E-state index in [1.807, 2.05) is 18.7 Å². The van der Waals surface area contributed by atoms with Gasteiger partial charge in [-0.15, -0.1) is 0 Å². The number of nitrogens with one attached hydrogen (secondary N) is 1. The number of aromatic nitrogens is 2. The smallest absolute Gasteiger partial charge is 0.223 e. The summed E-state index contributed by atoms with van der Waals surface area (Å²) in [5.74, 6) is 0.191. The van der Waals surface area contributed by atoms with E-state index in [4.69, 9.17) is 9.47 Å². The minimum Gasteiger partial charge on any atom is -0.378 e. The van der Waals surface area contributed by atoms with Crippen LogP contribution in [0.1, 0.15) is 50.1 Å². The van der Waals surface area contributed by atoms with Crippen molar-refractivity contribution in [3.05, 3.63) is 17.0 Å². The van der Waals surface area contributed by atoms with Crippen molar-refractivity contribution in [2.45, 2.75) is 64.6 Å². The third kappa shape index (κ3) is 3.64. The first-order valence-electron chi connectivity index (χ1n) is 8.86. The molecule has 134 valence electrons. The van der Waals surface area contributed by atoms with E-state index in [9.17, 15) is 4.79 Å². The molecule has 1 spiro atoms. The Morgan fingerprint density at radius 3 is 2.75 bits per heavy atom. The van der Waals surface area contributed by atoms with Crippen LogP contribution >= 0.6 is 0 Å². The molecule has 1 N–H and O–H groups in total. The number of nitrogens with zero attached hydrogens (tertiary/aromatic N) is 2. The number of morpholine rings is 1. The van der Waals surface area contributed by atoms with Crippen molar-refractivity contribution in [3.8, 4) is 0 Å². The number of amides is 1. The maximum atomic E-state index is 12.8. The van der Waals surface area contributed by atoms with Crippen LogP contribution in [0.4, 0.5) is 0 Å². The molecule has 24 heavy (non-hydrogen) atoms. The lowest BCUT2D eigenvalue weighted by Gasteiger charge is -2.51. The van der Waals surface area contributed by atoms with Crippen LogP contribution in [0.3, 0.4) is 0 Å². The van der Waals surface area contributed by atoms with Gasteiger partial charge in [-0.2, -0.15) is 5.10 Å². The molecule has 1 aromatic rings. The van der Waals surface area contributed by atoms with Crippen LogP contribution in [0, 0.1) is 13.8 Å². The normalized spacial score (nSPS) is 26.8. The number of carbonyl (C=O) groups excluding carboxylic acids is 1. The maximum Gasteiger partial charge on any atom is 0.223 e. The van der Waals surface area contributed by atoms with Crippen molar-refractivity contribution in [3.63, 3.8) is 0 Å². The Morgan fingerprint density at radius 1 is 1.33 bits per heavy atom. The fourth-order valence-corrected chi connectivity index (χ4v) is 4.05. The Kier molecular flexibility index (Phi) is 4.71. The first-order valence-corrected chi connectivity index (χ1v) is 8.86. The highest BCUT2D eigenvalue weighted by Crippen LogP contribution is 2.34. The molecule has 0 saturated carbocycles. The SMILES string of the molecule is Cc1n[nH]c(C)c1CCC(=O)N1CC(C)(C)OC2(CCCOC2)C1. The second-order valence-corrected chi connectivity index (χ2v) is 7.86. The van der Waals surface area contributed by atoms with Crippen LogP contribution in [-0.2, 0) is 20.7 Å². The van der Waals surface area contributed by atoms with E-state index < -0.39 is 0 Å². The van der Waals surface area contributed by atoms with Gasteiger partial charge in [0.2, 0.25) is 5.91 Å². The lowest BCUT2D eigenvalue weighted by molar-refractivity contribution is -0.232. The topological polar surface area (TPSA) is 67.5 Å². The van der Waals surface area contributed by atoms with E-state index >= 15 is 0 Å². The Bertz CT molecular complexity index is 583. The molecule has 1 unspecified atom stereocenters. The zero-order valence-corrected chi connectivity index (χ0v) is 15.3. The second-order valence-electron chi connectivity index (χ2n) is 7.86. The Balaban J connectivity index is 1.67. The third-order valence-corrected chi connectivity index (χ3v) is 5.05. The average molecular weight is 335 g/mol. The van der Waals surface area contributed by atoms with Gasteiger partial charge in [0.25, 0.3) is 0 Å². The van der Waals surface area contributed by atoms with Gasteiger partial charge in [0.05, 0.1) is 24.4 Å². The van der Waals surface area contributed by atoms with Crippen LogP contribution < -0.4 is 0 Å². The summed E-state index contributed by atoms with van der Waals surface area (Å²) in [6.07, 6.45) is 3.19. The summed E-state index contributed by atoms with van der Waals surface area (Å²) in [5, 5.41) is 7.20. The number of aryl methyl sites for hydroxylation is 2. The Labute approximate surface area is 143 Å². The highest BCUT2D eigenvalue weighted by Gasteiger charge is 2.46. The van der Waals surface area contributed by atoms with E-state index in [0.29, 0.717) is 26.1 Å². The molecule has 2 fully saturated rings. The van der Waals surface area contributed by atoms with Gasteiger partial charge < -0.3 is 14.4 Å². The van der Waals surface area contributed by atoms with Crippen molar-refractivity contribution in [2.24, 2.45) is 0 Å². The van der Waals surface area contributed by atoms with Gasteiger partial charge in [-0.05, 0) is 52.5 Å². The van der Waals surface area contributed by atoms with Crippen molar-refractivity contribution in [1.29, 1.82) is 0 Å². The van der Waals surface area contributed by atoms with Crippen LogP contribution in [0.15, 0.2) is 0 Å². The van der Waals surface area contributed by atoms with Crippen LogP contribution in [0.2, 0.25) is 0 Å². The molecule has 2 aliphatic rings. The van der Waals surface area contributed by atoms with Gasteiger partial charge in [-0.3, -0.25) is 9.89 Å². The van der Waals surface area contributed by atoms with Gasteiger partial charge in [-0.1, -0.05) is 0 Å². The summed E-state index contributed by atoms with van der Waals surface area (Å²) in [7, 11) is 0. The second kappa shape index (κ2) is 6.48. The number of ether oxygens (including phenoxy) is 2. The van der Waals surface area contributed by atoms with Crippen molar-refractivity contribution in [2.75, 3.05) is 26.3 Å². The molecule has 3 heterocycles. The molecule has 3 rings (SSSR count). The molecule has 0 aromatic carbocycles. The van der Waals surface area contributed by atoms with Crippen LogP contribution in [-0.4, -0.2) is 58.5 Å². The predicted molar refractivity (Wildman–Crippen MR) is 90.9 cm³/mol. The summed E-state index contributed by atoms with van der Waals surface area (Å²) in [6, 6.07) is 0. The predicted octanol–water partition coefficient (Wildman–Crippen LogP) is 2.15. The average Bonchev–Trinajstić information content (AvgIpc) is 2.82. The number of carbonyl (C=O) groups is 1. The van der Waals surface area contributed by atoms with Crippen LogP contribution in [0.25, 0.3) is 0 Å². The molecule has 6 nitrogen and oxygen atoms in total. The summed E-state index contributed by atoms with van der Waals surface area (Å²) in [5.41, 5.74) is 2.53. The van der Waals surface area contributed by atoms with E-state index in [0.717, 1.165) is 42.8 Å². The minimum absolute atomic E-state index is 0.191. The zero-order valence-electron chi connectivity index (χ0n) is 15.3. The van der Waals surface area contributed by atoms with Gasteiger partial charge >= 0.3 is 0 Å². The van der Waals surface area contributed by atoms with E-state index in [-0.39, 0.29) is 17.1 Å². The van der Waals surface area contributed by atoms with Gasteiger partial charge in [0.1, 0.15) is 5.60 Å². The molecule has 2 saturated heterocycles. The summed E-state index contributed by atoms with van der Waals surface area (Å²) < 4.78 is 12.0. The largest absolute Gasteiger partial charge is 0.378 e. The number of hydrogen-bond donors (Lipinski definition) is 1. The highest BCUT2D eigenvalue weighted by atomic mass is 16.6. The number of rotatable bonds is 3. The van der Waals surface area contributed by atoms with Gasteiger partial charge in [0, 0.05) is 25.3 Å². The fraction of sp³-hybridized carbons (Fsp3) is 0.778. The first-order chi connectivity index (χ1) is 11.3.